The van der Waals surface area contributed by atoms with Crippen LogP contribution in [0, 0.1) is 12.7 Å². The molecular weight excluding hydrogens is 321 g/mol. The maximum atomic E-state index is 12.9. The van der Waals surface area contributed by atoms with Gasteiger partial charge in [-0.3, -0.25) is 14.6 Å². The minimum absolute atomic E-state index is 0.0226. The zero-order valence-electron chi connectivity index (χ0n) is 14.0. The molecule has 2 amide bonds. The van der Waals surface area contributed by atoms with Crippen LogP contribution in [-0.2, 0) is 11.2 Å². The van der Waals surface area contributed by atoms with Gasteiger partial charge in [0, 0.05) is 31.4 Å². The van der Waals surface area contributed by atoms with Gasteiger partial charge in [-0.2, -0.15) is 0 Å². The number of hydrogen-bond acceptors (Lipinski definition) is 3. The Morgan fingerprint density at radius 3 is 2.72 bits per heavy atom. The summed E-state index contributed by atoms with van der Waals surface area (Å²) in [5.41, 5.74) is 2.31. The van der Waals surface area contributed by atoms with Crippen molar-refractivity contribution in [2.75, 3.05) is 13.1 Å². The first-order chi connectivity index (χ1) is 12.0. The number of aryl methyl sites for hydroxylation is 1. The van der Waals surface area contributed by atoms with Crippen molar-refractivity contribution in [3.8, 4) is 0 Å². The second-order valence-electron chi connectivity index (χ2n) is 6.28. The number of nitrogens with one attached hydrogen (secondary N) is 1. The molecule has 1 aliphatic rings. The summed E-state index contributed by atoms with van der Waals surface area (Å²) < 4.78 is 12.9. The quantitative estimate of drug-likeness (QED) is 0.906. The highest BCUT2D eigenvalue weighted by Gasteiger charge is 2.30. The Morgan fingerprint density at radius 2 is 2.04 bits per heavy atom. The first-order valence-corrected chi connectivity index (χ1v) is 8.27. The highest BCUT2D eigenvalue weighted by Crippen LogP contribution is 2.13. The van der Waals surface area contributed by atoms with Crippen LogP contribution in [0.25, 0.3) is 0 Å². The molecular formula is C19H20FN3O2. The summed E-state index contributed by atoms with van der Waals surface area (Å²) in [7, 11) is 0. The monoisotopic (exact) mass is 341 g/mol. The lowest BCUT2D eigenvalue weighted by Crippen LogP contribution is -2.37. The molecule has 2 heterocycles. The first kappa shape index (κ1) is 17.1. The fourth-order valence-electron chi connectivity index (χ4n) is 2.87. The SMILES string of the molecule is Cc1ccc(C(=O)N[C@H]2CC(=O)N(CCc3ccc(F)cc3)C2)cn1. The largest absolute Gasteiger partial charge is 0.347 e. The number of rotatable bonds is 5. The van der Waals surface area contributed by atoms with E-state index in [1.807, 2.05) is 6.92 Å². The van der Waals surface area contributed by atoms with E-state index in [1.165, 1.54) is 18.3 Å². The Morgan fingerprint density at radius 1 is 1.28 bits per heavy atom. The van der Waals surface area contributed by atoms with Crippen molar-refractivity contribution < 1.29 is 14.0 Å². The van der Waals surface area contributed by atoms with Crippen LogP contribution in [0.4, 0.5) is 4.39 Å². The van der Waals surface area contributed by atoms with Crippen molar-refractivity contribution in [3.63, 3.8) is 0 Å². The Kier molecular flexibility index (Phi) is 5.07. The third-order valence-corrected chi connectivity index (χ3v) is 4.31. The minimum Gasteiger partial charge on any atom is -0.347 e. The van der Waals surface area contributed by atoms with Gasteiger partial charge in [0.15, 0.2) is 0 Å². The van der Waals surface area contributed by atoms with Crippen LogP contribution in [-0.4, -0.2) is 40.8 Å². The standard InChI is InChI=1S/C19H20FN3O2/c1-13-2-5-15(11-21-13)19(25)22-17-10-18(24)23(12-17)9-8-14-3-6-16(20)7-4-14/h2-7,11,17H,8-10,12H2,1H3,(H,22,25)/t17-/m0/s1. The highest BCUT2D eigenvalue weighted by molar-refractivity contribution is 5.94. The first-order valence-electron chi connectivity index (χ1n) is 8.27. The molecule has 0 bridgehead atoms. The number of hydrogen-bond donors (Lipinski definition) is 1. The number of halogens is 1. The van der Waals surface area contributed by atoms with Crippen LogP contribution in [0.3, 0.4) is 0 Å². The van der Waals surface area contributed by atoms with Gasteiger partial charge < -0.3 is 10.2 Å². The summed E-state index contributed by atoms with van der Waals surface area (Å²) in [4.78, 5) is 30.2. The summed E-state index contributed by atoms with van der Waals surface area (Å²) in [5.74, 6) is -0.463. The van der Waals surface area contributed by atoms with Gasteiger partial charge in [0.05, 0.1) is 11.6 Å². The van der Waals surface area contributed by atoms with E-state index in [4.69, 9.17) is 0 Å². The molecule has 0 saturated carbocycles. The highest BCUT2D eigenvalue weighted by atomic mass is 19.1. The van der Waals surface area contributed by atoms with Crippen LogP contribution < -0.4 is 5.32 Å². The summed E-state index contributed by atoms with van der Waals surface area (Å²) in [6.07, 6.45) is 2.50. The van der Waals surface area contributed by atoms with Gasteiger partial charge >= 0.3 is 0 Å². The molecule has 1 saturated heterocycles. The van der Waals surface area contributed by atoms with Crippen LogP contribution in [0.1, 0.15) is 28.0 Å². The van der Waals surface area contributed by atoms with Gasteiger partial charge in [0.1, 0.15) is 5.82 Å². The molecule has 1 aliphatic heterocycles. The van der Waals surface area contributed by atoms with Gasteiger partial charge in [0.2, 0.25) is 5.91 Å². The zero-order chi connectivity index (χ0) is 17.8. The van der Waals surface area contributed by atoms with Gasteiger partial charge in [0.25, 0.3) is 5.91 Å². The predicted molar refractivity (Wildman–Crippen MR) is 91.5 cm³/mol. The van der Waals surface area contributed by atoms with Crippen molar-refractivity contribution in [2.24, 2.45) is 0 Å². The molecule has 1 N–H and O–H groups in total. The van der Waals surface area contributed by atoms with E-state index in [2.05, 4.69) is 10.3 Å². The maximum Gasteiger partial charge on any atom is 0.253 e. The second kappa shape index (κ2) is 7.42. The van der Waals surface area contributed by atoms with Gasteiger partial charge in [-0.05, 0) is 43.2 Å². The fraction of sp³-hybridized carbons (Fsp3) is 0.316. The minimum atomic E-state index is -0.269. The summed E-state index contributed by atoms with van der Waals surface area (Å²) in [6, 6.07) is 9.58. The average molecular weight is 341 g/mol. The number of aromatic nitrogens is 1. The van der Waals surface area contributed by atoms with Crippen LogP contribution in [0.15, 0.2) is 42.6 Å². The molecule has 1 fully saturated rings. The molecule has 0 unspecified atom stereocenters. The third kappa shape index (κ3) is 4.41. The Bertz CT molecular complexity index is 759. The van der Waals surface area contributed by atoms with Gasteiger partial charge in [-0.25, -0.2) is 4.39 Å². The van der Waals surface area contributed by atoms with Crippen molar-refractivity contribution in [1.82, 2.24) is 15.2 Å². The van der Waals surface area contributed by atoms with Crippen molar-refractivity contribution in [1.29, 1.82) is 0 Å². The lowest BCUT2D eigenvalue weighted by molar-refractivity contribution is -0.127. The maximum absolute atomic E-state index is 12.9. The van der Waals surface area contributed by atoms with Gasteiger partial charge in [-0.1, -0.05) is 12.1 Å². The van der Waals surface area contributed by atoms with E-state index in [0.29, 0.717) is 31.5 Å². The number of carbonyl (C=O) groups excluding carboxylic acids is 2. The smallest absolute Gasteiger partial charge is 0.253 e. The number of amides is 2. The van der Waals surface area contributed by atoms with E-state index in [-0.39, 0.29) is 23.7 Å². The van der Waals surface area contributed by atoms with E-state index in [1.54, 1.807) is 29.2 Å². The lowest BCUT2D eigenvalue weighted by Gasteiger charge is -2.17. The zero-order valence-corrected chi connectivity index (χ0v) is 14.0. The van der Waals surface area contributed by atoms with Crippen molar-refractivity contribution >= 4 is 11.8 Å². The summed E-state index contributed by atoms with van der Waals surface area (Å²) in [6.45, 7) is 2.91. The Labute approximate surface area is 145 Å². The number of carbonyl (C=O) groups is 2. The molecule has 25 heavy (non-hydrogen) atoms. The molecule has 1 aromatic carbocycles. The third-order valence-electron chi connectivity index (χ3n) is 4.31. The molecule has 6 heteroatoms. The van der Waals surface area contributed by atoms with Gasteiger partial charge in [-0.15, -0.1) is 0 Å². The fourth-order valence-corrected chi connectivity index (χ4v) is 2.87. The van der Waals surface area contributed by atoms with Crippen LogP contribution >= 0.6 is 0 Å². The molecule has 0 aliphatic carbocycles. The Balaban J connectivity index is 1.52. The number of benzene rings is 1. The van der Waals surface area contributed by atoms with Crippen molar-refractivity contribution in [2.45, 2.75) is 25.8 Å². The molecule has 2 aromatic rings. The topological polar surface area (TPSA) is 62.3 Å². The number of pyridine rings is 1. The second-order valence-corrected chi connectivity index (χ2v) is 6.28. The molecule has 3 rings (SSSR count). The van der Waals surface area contributed by atoms with E-state index >= 15 is 0 Å². The molecule has 130 valence electrons. The average Bonchev–Trinajstić information content (AvgIpc) is 2.94. The summed E-state index contributed by atoms with van der Waals surface area (Å²) in [5, 5.41) is 2.89. The predicted octanol–water partition coefficient (Wildman–Crippen LogP) is 2.10. The Hall–Kier alpha value is -2.76. The van der Waals surface area contributed by atoms with Crippen LogP contribution in [0.5, 0.6) is 0 Å². The van der Waals surface area contributed by atoms with E-state index in [9.17, 15) is 14.0 Å². The molecule has 5 nitrogen and oxygen atoms in total. The van der Waals surface area contributed by atoms with Crippen LogP contribution in [0.2, 0.25) is 0 Å². The summed E-state index contributed by atoms with van der Waals surface area (Å²) >= 11 is 0. The lowest BCUT2D eigenvalue weighted by atomic mass is 10.1. The van der Waals surface area contributed by atoms with E-state index in [0.717, 1.165) is 11.3 Å². The molecule has 1 aromatic heterocycles. The molecule has 0 radical (unpaired) electrons. The number of nitrogens with zero attached hydrogens (tertiary/aromatic N) is 2. The number of likely N-dealkylation sites (tertiary alicyclic amines) is 1. The molecule has 0 spiro atoms. The van der Waals surface area contributed by atoms with E-state index < -0.39 is 0 Å². The normalized spacial score (nSPS) is 17.0. The van der Waals surface area contributed by atoms with Crippen molar-refractivity contribution in [3.05, 3.63) is 65.2 Å². The molecule has 1 atom stereocenters.